The Labute approximate surface area is 97.9 Å². The van der Waals surface area contributed by atoms with Gasteiger partial charge in [-0.05, 0) is 15.9 Å². The SMILES string of the molecule is O=[N+]([O-])N=C1N=CCN1Cc1cc(Br)no1. The number of rotatable bonds is 3. The summed E-state index contributed by atoms with van der Waals surface area (Å²) < 4.78 is 5.54. The molecule has 84 valence electrons. The van der Waals surface area contributed by atoms with E-state index in [2.05, 4.69) is 31.2 Å². The molecule has 0 saturated heterocycles. The molecule has 2 heterocycles. The molecule has 0 saturated carbocycles. The van der Waals surface area contributed by atoms with E-state index in [1.165, 1.54) is 0 Å². The first kappa shape index (κ1) is 10.7. The summed E-state index contributed by atoms with van der Waals surface area (Å²) in [6.45, 7) is 0.802. The number of guanidine groups is 1. The molecule has 1 aliphatic heterocycles. The van der Waals surface area contributed by atoms with Crippen molar-refractivity contribution >= 4 is 28.1 Å². The first-order chi connectivity index (χ1) is 7.65. The Morgan fingerprint density at radius 3 is 3.19 bits per heavy atom. The predicted molar refractivity (Wildman–Crippen MR) is 57.5 cm³/mol. The Bertz CT molecular complexity index is 468. The lowest BCUT2D eigenvalue weighted by Gasteiger charge is -2.11. The van der Waals surface area contributed by atoms with E-state index in [1.54, 1.807) is 17.2 Å². The Morgan fingerprint density at radius 2 is 2.56 bits per heavy atom. The maximum atomic E-state index is 10.2. The minimum Gasteiger partial charge on any atom is -0.358 e. The average molecular weight is 288 g/mol. The Balaban J connectivity index is 2.08. The summed E-state index contributed by atoms with van der Waals surface area (Å²) in [5, 5.41) is 16.3. The predicted octanol–water partition coefficient (Wildman–Crippen LogP) is 0.871. The van der Waals surface area contributed by atoms with Crippen molar-refractivity contribution in [2.24, 2.45) is 10.1 Å². The van der Waals surface area contributed by atoms with Crippen molar-refractivity contribution in [3.63, 3.8) is 0 Å². The maximum Gasteiger partial charge on any atom is 0.297 e. The average Bonchev–Trinajstić information content (AvgIpc) is 2.77. The molecular formula is C7H6BrN5O3. The standard InChI is InChI=1S/C7H6BrN5O3/c8-6-3-5(16-11-6)4-12-2-1-9-7(12)10-13(14)15/h1,3H,2,4H2. The van der Waals surface area contributed by atoms with Gasteiger partial charge in [0.1, 0.15) is 9.70 Å². The van der Waals surface area contributed by atoms with Crippen molar-refractivity contribution in [2.45, 2.75) is 6.54 Å². The molecule has 1 aromatic rings. The molecule has 2 rings (SSSR count). The first-order valence-corrected chi connectivity index (χ1v) is 5.06. The van der Waals surface area contributed by atoms with Gasteiger partial charge in [-0.2, -0.15) is 0 Å². The van der Waals surface area contributed by atoms with E-state index >= 15 is 0 Å². The number of hydrogen-bond donors (Lipinski definition) is 0. The third-order valence-electron chi connectivity index (χ3n) is 1.84. The van der Waals surface area contributed by atoms with E-state index in [1.807, 2.05) is 0 Å². The lowest BCUT2D eigenvalue weighted by atomic mass is 10.4. The Hall–Kier alpha value is -1.77. The van der Waals surface area contributed by atoms with Gasteiger partial charge in [0.15, 0.2) is 10.8 Å². The summed E-state index contributed by atoms with van der Waals surface area (Å²) in [5.41, 5.74) is 0. The molecule has 0 atom stereocenters. The number of nitro groups is 1. The molecule has 0 amide bonds. The van der Waals surface area contributed by atoms with E-state index in [0.717, 1.165) is 0 Å². The lowest BCUT2D eigenvalue weighted by Crippen LogP contribution is -2.26. The van der Waals surface area contributed by atoms with Crippen LogP contribution in [-0.4, -0.2) is 33.8 Å². The van der Waals surface area contributed by atoms with Crippen LogP contribution in [0.1, 0.15) is 5.76 Å². The summed E-state index contributed by atoms with van der Waals surface area (Å²) in [5.74, 6) is 0.644. The molecule has 0 aliphatic carbocycles. The van der Waals surface area contributed by atoms with Crippen LogP contribution < -0.4 is 0 Å². The molecule has 0 spiro atoms. The molecule has 8 nitrogen and oxygen atoms in total. The topological polar surface area (TPSA) is 97.1 Å². The van der Waals surface area contributed by atoms with Gasteiger partial charge in [-0.3, -0.25) is 0 Å². The van der Waals surface area contributed by atoms with Gasteiger partial charge in [0.2, 0.25) is 0 Å². The zero-order valence-corrected chi connectivity index (χ0v) is 9.49. The summed E-state index contributed by atoms with van der Waals surface area (Å²) in [4.78, 5) is 15.6. The summed E-state index contributed by atoms with van der Waals surface area (Å²) >= 11 is 3.14. The van der Waals surface area contributed by atoms with Crippen molar-refractivity contribution < 1.29 is 9.56 Å². The fourth-order valence-electron chi connectivity index (χ4n) is 1.23. The van der Waals surface area contributed by atoms with E-state index < -0.39 is 5.03 Å². The second-order valence-electron chi connectivity index (χ2n) is 2.95. The highest BCUT2D eigenvalue weighted by Gasteiger charge is 2.20. The van der Waals surface area contributed by atoms with Crippen LogP contribution in [0.25, 0.3) is 0 Å². The number of nitrogens with zero attached hydrogens (tertiary/aromatic N) is 5. The van der Waals surface area contributed by atoms with Crippen LogP contribution in [0.2, 0.25) is 0 Å². The number of aliphatic imine (C=N–C) groups is 1. The highest BCUT2D eigenvalue weighted by molar-refractivity contribution is 9.10. The summed E-state index contributed by atoms with van der Waals surface area (Å²) in [7, 11) is 0. The van der Waals surface area contributed by atoms with Crippen LogP contribution in [0.3, 0.4) is 0 Å². The Kier molecular flexibility index (Phi) is 2.95. The number of hydrogen-bond acceptors (Lipinski definition) is 4. The molecule has 0 bridgehead atoms. The van der Waals surface area contributed by atoms with Gasteiger partial charge < -0.3 is 9.42 Å². The van der Waals surface area contributed by atoms with Crippen molar-refractivity contribution in [1.29, 1.82) is 0 Å². The van der Waals surface area contributed by atoms with Gasteiger partial charge in [0.25, 0.3) is 5.96 Å². The summed E-state index contributed by atoms with van der Waals surface area (Å²) in [6.07, 6.45) is 1.55. The number of halogens is 1. The maximum absolute atomic E-state index is 10.2. The molecule has 16 heavy (non-hydrogen) atoms. The van der Waals surface area contributed by atoms with Crippen LogP contribution in [0.15, 0.2) is 25.3 Å². The molecule has 1 aliphatic rings. The van der Waals surface area contributed by atoms with Gasteiger partial charge in [-0.25, -0.2) is 15.1 Å². The molecule has 0 N–H and O–H groups in total. The molecule has 0 aromatic carbocycles. The summed E-state index contributed by atoms with van der Waals surface area (Å²) in [6, 6.07) is 1.68. The minimum absolute atomic E-state index is 0.0672. The van der Waals surface area contributed by atoms with Crippen LogP contribution in [-0.2, 0) is 6.54 Å². The minimum atomic E-state index is -0.776. The van der Waals surface area contributed by atoms with Crippen LogP contribution in [0.5, 0.6) is 0 Å². The molecule has 0 radical (unpaired) electrons. The van der Waals surface area contributed by atoms with Gasteiger partial charge >= 0.3 is 0 Å². The first-order valence-electron chi connectivity index (χ1n) is 4.27. The largest absolute Gasteiger partial charge is 0.358 e. The molecule has 0 unspecified atom stereocenters. The third-order valence-corrected chi connectivity index (χ3v) is 2.21. The quantitative estimate of drug-likeness (QED) is 0.607. The van der Waals surface area contributed by atoms with Crippen molar-refractivity contribution in [3.8, 4) is 0 Å². The third kappa shape index (κ3) is 2.42. The molecule has 0 fully saturated rings. The normalized spacial score (nSPS) is 17.3. The van der Waals surface area contributed by atoms with Crippen molar-refractivity contribution in [1.82, 2.24) is 10.1 Å². The second-order valence-corrected chi connectivity index (χ2v) is 3.76. The molecule has 1 aromatic heterocycles. The van der Waals surface area contributed by atoms with Crippen LogP contribution in [0.4, 0.5) is 0 Å². The zero-order valence-electron chi connectivity index (χ0n) is 7.91. The number of aromatic nitrogens is 1. The van der Waals surface area contributed by atoms with Gasteiger partial charge in [0, 0.05) is 12.3 Å². The van der Waals surface area contributed by atoms with E-state index in [-0.39, 0.29) is 5.96 Å². The smallest absolute Gasteiger partial charge is 0.297 e. The van der Waals surface area contributed by atoms with Crippen LogP contribution in [0, 0.1) is 10.1 Å². The lowest BCUT2D eigenvalue weighted by molar-refractivity contribution is -0.485. The zero-order chi connectivity index (χ0) is 11.5. The highest BCUT2D eigenvalue weighted by atomic mass is 79.9. The molecular weight excluding hydrogens is 282 g/mol. The highest BCUT2D eigenvalue weighted by Crippen LogP contribution is 2.13. The van der Waals surface area contributed by atoms with Crippen LogP contribution >= 0.6 is 15.9 Å². The van der Waals surface area contributed by atoms with E-state index in [4.69, 9.17) is 4.52 Å². The van der Waals surface area contributed by atoms with Gasteiger partial charge in [0.05, 0.1) is 13.1 Å². The molecule has 9 heteroatoms. The van der Waals surface area contributed by atoms with Gasteiger partial charge in [-0.15, -0.1) is 0 Å². The van der Waals surface area contributed by atoms with Gasteiger partial charge in [-0.1, -0.05) is 5.16 Å². The number of hydrazone groups is 1. The fraction of sp³-hybridized carbons (Fsp3) is 0.286. The monoisotopic (exact) mass is 287 g/mol. The van der Waals surface area contributed by atoms with Crippen molar-refractivity contribution in [3.05, 3.63) is 26.5 Å². The second kappa shape index (κ2) is 4.39. The van der Waals surface area contributed by atoms with Crippen molar-refractivity contribution in [2.75, 3.05) is 6.54 Å². The van der Waals surface area contributed by atoms with E-state index in [9.17, 15) is 10.1 Å². The van der Waals surface area contributed by atoms with E-state index in [0.29, 0.717) is 23.5 Å². The fourth-order valence-corrected chi connectivity index (χ4v) is 1.56. The Morgan fingerprint density at radius 1 is 1.75 bits per heavy atom.